The van der Waals surface area contributed by atoms with Gasteiger partial charge in [-0.3, -0.25) is 24.6 Å². The van der Waals surface area contributed by atoms with E-state index in [-0.39, 0.29) is 5.56 Å². The van der Waals surface area contributed by atoms with Gasteiger partial charge in [0.15, 0.2) is 0 Å². The molecule has 0 aliphatic carbocycles. The van der Waals surface area contributed by atoms with Crippen LogP contribution in [0.3, 0.4) is 0 Å². The first-order valence-electron chi connectivity index (χ1n) is 7.25. The molecule has 2 fully saturated rings. The van der Waals surface area contributed by atoms with Gasteiger partial charge in [-0.25, -0.2) is 4.39 Å². The standard InChI is InChI=1S/C16H17FN2O4/c1-16(15(22)23-3)11-10(13(20)19(2)14(11)21)12(18-16)8-6-4-5-7-9(8)17/h4-7,10-12,18H,1-3H3/t10-,11+,12-,16-/m0/s1. The normalized spacial score (nSPS) is 33.0. The number of likely N-dealkylation sites (tertiary alicyclic amines) is 1. The van der Waals surface area contributed by atoms with E-state index in [1.54, 1.807) is 18.2 Å². The van der Waals surface area contributed by atoms with Gasteiger partial charge in [-0.15, -0.1) is 0 Å². The summed E-state index contributed by atoms with van der Waals surface area (Å²) >= 11 is 0. The van der Waals surface area contributed by atoms with Crippen molar-refractivity contribution < 1.29 is 23.5 Å². The Labute approximate surface area is 132 Å². The maximum atomic E-state index is 14.2. The van der Waals surface area contributed by atoms with Gasteiger partial charge < -0.3 is 4.74 Å². The zero-order chi connectivity index (χ0) is 16.9. The molecular weight excluding hydrogens is 303 g/mol. The number of nitrogens with zero attached hydrogens (tertiary/aromatic N) is 1. The molecule has 2 amide bonds. The number of fused-ring (bicyclic) bond motifs is 1. The number of halogens is 1. The highest BCUT2D eigenvalue weighted by Gasteiger charge is 2.66. The fraction of sp³-hybridized carbons (Fsp3) is 0.438. The maximum absolute atomic E-state index is 14.2. The van der Waals surface area contributed by atoms with Crippen LogP contribution in [0.1, 0.15) is 18.5 Å². The molecule has 0 radical (unpaired) electrons. The number of rotatable bonds is 2. The van der Waals surface area contributed by atoms with Crippen LogP contribution in [0.4, 0.5) is 4.39 Å². The quantitative estimate of drug-likeness (QED) is 0.639. The second kappa shape index (κ2) is 5.13. The summed E-state index contributed by atoms with van der Waals surface area (Å²) in [6, 6.07) is 5.24. The molecule has 122 valence electrons. The minimum absolute atomic E-state index is 0.256. The number of carbonyl (C=O) groups is 3. The van der Waals surface area contributed by atoms with Gasteiger partial charge in [0.1, 0.15) is 11.4 Å². The molecule has 2 heterocycles. The summed E-state index contributed by atoms with van der Waals surface area (Å²) in [5.41, 5.74) is -1.13. The third-order valence-electron chi connectivity index (χ3n) is 4.86. The van der Waals surface area contributed by atoms with Crippen LogP contribution < -0.4 is 5.32 Å². The van der Waals surface area contributed by atoms with E-state index in [0.717, 1.165) is 4.90 Å². The van der Waals surface area contributed by atoms with Crippen LogP contribution in [0.2, 0.25) is 0 Å². The molecule has 1 aromatic rings. The number of ether oxygens (including phenoxy) is 1. The van der Waals surface area contributed by atoms with Gasteiger partial charge >= 0.3 is 5.97 Å². The maximum Gasteiger partial charge on any atom is 0.326 e. The number of benzene rings is 1. The van der Waals surface area contributed by atoms with Gasteiger partial charge in [-0.1, -0.05) is 18.2 Å². The SMILES string of the molecule is COC(=O)[C@@]1(C)N[C@@H](c2ccccc2F)[C@H]2C(=O)N(C)C(=O)[C@@H]21. The van der Waals surface area contributed by atoms with E-state index in [1.807, 2.05) is 0 Å². The van der Waals surface area contributed by atoms with Crippen molar-refractivity contribution in [3.8, 4) is 0 Å². The van der Waals surface area contributed by atoms with Crippen molar-refractivity contribution in [3.05, 3.63) is 35.6 Å². The highest BCUT2D eigenvalue weighted by atomic mass is 19.1. The number of hydrogen-bond acceptors (Lipinski definition) is 5. The smallest absolute Gasteiger partial charge is 0.326 e. The molecule has 6 nitrogen and oxygen atoms in total. The molecular formula is C16H17FN2O4. The zero-order valence-electron chi connectivity index (χ0n) is 13.0. The Morgan fingerprint density at radius 3 is 2.57 bits per heavy atom. The number of nitrogens with one attached hydrogen (secondary N) is 1. The Hall–Kier alpha value is -2.28. The molecule has 2 aliphatic rings. The predicted octanol–water partition coefficient (Wildman–Crippen LogP) is 0.633. The predicted molar refractivity (Wildman–Crippen MR) is 77.5 cm³/mol. The zero-order valence-corrected chi connectivity index (χ0v) is 13.0. The molecule has 1 N–H and O–H groups in total. The summed E-state index contributed by atoms with van der Waals surface area (Å²) in [5.74, 6) is -3.78. The second-order valence-corrected chi connectivity index (χ2v) is 6.08. The lowest BCUT2D eigenvalue weighted by Crippen LogP contribution is -2.53. The molecule has 0 unspecified atom stereocenters. The number of esters is 1. The highest BCUT2D eigenvalue weighted by molar-refractivity contribution is 6.09. The minimum Gasteiger partial charge on any atom is -0.468 e. The van der Waals surface area contributed by atoms with Gasteiger partial charge in [0.2, 0.25) is 11.8 Å². The molecule has 2 saturated heterocycles. The molecule has 2 aliphatic heterocycles. The van der Waals surface area contributed by atoms with Gasteiger partial charge in [0.05, 0.1) is 18.9 Å². The number of imide groups is 1. The molecule has 0 aromatic heterocycles. The fourth-order valence-electron chi connectivity index (χ4n) is 3.68. The number of hydrogen-bond donors (Lipinski definition) is 1. The Kier molecular flexibility index (Phi) is 3.48. The summed E-state index contributed by atoms with van der Waals surface area (Å²) in [4.78, 5) is 38.2. The molecule has 0 saturated carbocycles. The molecule has 0 bridgehead atoms. The second-order valence-electron chi connectivity index (χ2n) is 6.08. The first-order valence-corrected chi connectivity index (χ1v) is 7.25. The number of amides is 2. The first kappa shape index (κ1) is 15.6. The lowest BCUT2D eigenvalue weighted by atomic mass is 9.80. The molecule has 23 heavy (non-hydrogen) atoms. The summed E-state index contributed by atoms with van der Waals surface area (Å²) < 4.78 is 19.0. The van der Waals surface area contributed by atoms with Gasteiger partial charge in [0.25, 0.3) is 0 Å². The van der Waals surface area contributed by atoms with E-state index in [0.29, 0.717) is 0 Å². The highest BCUT2D eigenvalue weighted by Crippen LogP contribution is 2.48. The van der Waals surface area contributed by atoms with E-state index in [2.05, 4.69) is 5.32 Å². The average Bonchev–Trinajstić information content (AvgIpc) is 2.97. The first-order chi connectivity index (χ1) is 10.8. The van der Waals surface area contributed by atoms with E-state index < -0.39 is 47.0 Å². The molecule has 0 spiro atoms. The topological polar surface area (TPSA) is 75.7 Å². The van der Waals surface area contributed by atoms with Gasteiger partial charge in [0, 0.05) is 18.7 Å². The largest absolute Gasteiger partial charge is 0.468 e. The molecule has 7 heteroatoms. The monoisotopic (exact) mass is 320 g/mol. The summed E-state index contributed by atoms with van der Waals surface area (Å²) in [6.07, 6.45) is 0. The Balaban J connectivity index is 2.14. The Morgan fingerprint density at radius 1 is 1.30 bits per heavy atom. The van der Waals surface area contributed by atoms with Crippen LogP contribution in [0.5, 0.6) is 0 Å². The molecule has 4 atom stereocenters. The summed E-state index contributed by atoms with van der Waals surface area (Å²) in [7, 11) is 2.59. The minimum atomic E-state index is -1.39. The average molecular weight is 320 g/mol. The van der Waals surface area contributed by atoms with Crippen molar-refractivity contribution in [1.29, 1.82) is 0 Å². The van der Waals surface area contributed by atoms with E-state index in [9.17, 15) is 18.8 Å². The van der Waals surface area contributed by atoms with Crippen molar-refractivity contribution in [3.63, 3.8) is 0 Å². The summed E-state index contributed by atoms with van der Waals surface area (Å²) in [6.45, 7) is 1.52. The van der Waals surface area contributed by atoms with Gasteiger partial charge in [-0.05, 0) is 13.0 Å². The van der Waals surface area contributed by atoms with Crippen LogP contribution in [-0.2, 0) is 19.1 Å². The Bertz CT molecular complexity index is 707. The van der Waals surface area contributed by atoms with E-state index >= 15 is 0 Å². The lowest BCUT2D eigenvalue weighted by molar-refractivity contribution is -0.152. The number of methoxy groups -OCH3 is 1. The third kappa shape index (κ3) is 1.99. The number of carbonyl (C=O) groups excluding carboxylic acids is 3. The fourth-order valence-corrected chi connectivity index (χ4v) is 3.68. The van der Waals surface area contributed by atoms with Crippen molar-refractivity contribution in [2.75, 3.05) is 14.2 Å². The van der Waals surface area contributed by atoms with Crippen molar-refractivity contribution in [2.24, 2.45) is 11.8 Å². The van der Waals surface area contributed by atoms with Crippen LogP contribution in [0, 0.1) is 17.7 Å². The van der Waals surface area contributed by atoms with E-state index in [4.69, 9.17) is 4.74 Å². The van der Waals surface area contributed by atoms with Gasteiger partial charge in [-0.2, -0.15) is 0 Å². The summed E-state index contributed by atoms with van der Waals surface area (Å²) in [5, 5.41) is 2.98. The molecule has 1 aromatic carbocycles. The van der Waals surface area contributed by atoms with Crippen molar-refractivity contribution in [2.45, 2.75) is 18.5 Å². The van der Waals surface area contributed by atoms with Crippen molar-refractivity contribution in [1.82, 2.24) is 10.2 Å². The lowest BCUT2D eigenvalue weighted by Gasteiger charge is -2.27. The third-order valence-corrected chi connectivity index (χ3v) is 4.86. The Morgan fingerprint density at radius 2 is 1.96 bits per heavy atom. The van der Waals surface area contributed by atoms with E-state index in [1.165, 1.54) is 27.1 Å². The van der Waals surface area contributed by atoms with Crippen LogP contribution >= 0.6 is 0 Å². The van der Waals surface area contributed by atoms with Crippen molar-refractivity contribution >= 4 is 17.8 Å². The van der Waals surface area contributed by atoms with Crippen LogP contribution in [0.25, 0.3) is 0 Å². The van der Waals surface area contributed by atoms with Crippen LogP contribution in [-0.4, -0.2) is 42.4 Å². The van der Waals surface area contributed by atoms with Crippen LogP contribution in [0.15, 0.2) is 24.3 Å². The molecule has 3 rings (SSSR count).